The number of halogens is 1. The third kappa shape index (κ3) is 3.89. The Labute approximate surface area is 146 Å². The smallest absolute Gasteiger partial charge is 0.146 e. The second kappa shape index (κ2) is 7.69. The second-order valence-corrected chi connectivity index (χ2v) is 6.29. The molecule has 0 aliphatic carbocycles. The van der Waals surface area contributed by atoms with Crippen LogP contribution >= 0.6 is 11.6 Å². The van der Waals surface area contributed by atoms with Crippen LogP contribution in [0.3, 0.4) is 0 Å². The van der Waals surface area contributed by atoms with Gasteiger partial charge in [-0.05, 0) is 67.6 Å². The van der Waals surface area contributed by atoms with Gasteiger partial charge in [-0.2, -0.15) is 0 Å². The number of nitrogens with zero attached hydrogens (tertiary/aromatic N) is 1. The highest BCUT2D eigenvalue weighted by molar-refractivity contribution is 6.30. The van der Waals surface area contributed by atoms with Crippen LogP contribution in [0.15, 0.2) is 36.4 Å². The highest BCUT2D eigenvalue weighted by atomic mass is 35.5. The summed E-state index contributed by atoms with van der Waals surface area (Å²) in [5.74, 6) is 1.57. The molecule has 3 rings (SSSR count). The first-order valence-corrected chi connectivity index (χ1v) is 8.51. The fourth-order valence-corrected chi connectivity index (χ4v) is 2.88. The van der Waals surface area contributed by atoms with E-state index in [0.717, 1.165) is 41.9 Å². The van der Waals surface area contributed by atoms with Gasteiger partial charge < -0.3 is 14.8 Å². The van der Waals surface area contributed by atoms with E-state index in [0.29, 0.717) is 11.6 Å². The topological polar surface area (TPSA) is 58.1 Å². The molecule has 0 radical (unpaired) electrons. The molecule has 0 aliphatic rings. The fraction of sp³-hybridized carbons (Fsp3) is 0.316. The molecule has 0 saturated heterocycles. The van der Waals surface area contributed by atoms with Crippen molar-refractivity contribution < 1.29 is 9.84 Å². The van der Waals surface area contributed by atoms with Crippen LogP contribution in [0.25, 0.3) is 11.0 Å². The van der Waals surface area contributed by atoms with Crippen molar-refractivity contribution in [2.24, 2.45) is 0 Å². The second-order valence-electron chi connectivity index (χ2n) is 5.85. The number of ether oxygens (including phenoxy) is 1. The lowest BCUT2D eigenvalue weighted by Crippen LogP contribution is -1.97. The van der Waals surface area contributed by atoms with Crippen molar-refractivity contribution in [1.82, 2.24) is 9.97 Å². The largest absolute Gasteiger partial charge is 0.486 e. The van der Waals surface area contributed by atoms with Crippen LogP contribution < -0.4 is 4.74 Å². The van der Waals surface area contributed by atoms with Crippen LogP contribution in [0.2, 0.25) is 5.02 Å². The number of rotatable bonds is 7. The molecule has 2 aromatic carbocycles. The predicted octanol–water partition coefficient (Wildman–Crippen LogP) is 4.42. The molecule has 0 aliphatic heterocycles. The molecule has 0 bridgehead atoms. The number of aromatic nitrogens is 2. The Kier molecular flexibility index (Phi) is 5.38. The van der Waals surface area contributed by atoms with E-state index in [-0.39, 0.29) is 6.61 Å². The Morgan fingerprint density at radius 2 is 1.92 bits per heavy atom. The van der Waals surface area contributed by atoms with E-state index < -0.39 is 0 Å². The summed E-state index contributed by atoms with van der Waals surface area (Å²) in [5.41, 5.74) is 4.49. The van der Waals surface area contributed by atoms with Gasteiger partial charge in [0.25, 0.3) is 0 Å². The number of aliphatic hydroxyl groups excluding tert-OH is 1. The van der Waals surface area contributed by atoms with Gasteiger partial charge in [-0.1, -0.05) is 17.7 Å². The molecule has 0 atom stereocenters. The maximum absolute atomic E-state index is 8.92. The zero-order chi connectivity index (χ0) is 16.9. The van der Waals surface area contributed by atoms with E-state index in [9.17, 15) is 0 Å². The third-order valence-electron chi connectivity index (χ3n) is 4.11. The van der Waals surface area contributed by atoms with E-state index in [1.165, 1.54) is 11.1 Å². The lowest BCUT2D eigenvalue weighted by atomic mass is 10.0. The number of aryl methyl sites for hydroxylation is 2. The summed E-state index contributed by atoms with van der Waals surface area (Å²) >= 11 is 5.87. The van der Waals surface area contributed by atoms with Crippen molar-refractivity contribution >= 4 is 22.6 Å². The van der Waals surface area contributed by atoms with E-state index in [1.807, 2.05) is 12.1 Å². The number of imidazole rings is 1. The van der Waals surface area contributed by atoms with Crippen molar-refractivity contribution in [2.45, 2.75) is 32.8 Å². The van der Waals surface area contributed by atoms with Crippen LogP contribution in [0.4, 0.5) is 0 Å². The van der Waals surface area contributed by atoms with Gasteiger partial charge in [-0.3, -0.25) is 0 Å². The summed E-state index contributed by atoms with van der Waals surface area (Å²) in [6, 6.07) is 11.5. The first-order chi connectivity index (χ1) is 11.7. The highest BCUT2D eigenvalue weighted by Gasteiger charge is 2.09. The number of nitrogens with one attached hydrogen (secondary N) is 1. The van der Waals surface area contributed by atoms with Crippen molar-refractivity contribution in [3.05, 3.63) is 58.4 Å². The molecule has 2 N–H and O–H groups in total. The number of H-pyrrole nitrogens is 1. The summed E-state index contributed by atoms with van der Waals surface area (Å²) in [4.78, 5) is 7.99. The summed E-state index contributed by atoms with van der Waals surface area (Å²) in [5, 5.41) is 9.61. The van der Waals surface area contributed by atoms with E-state index in [2.05, 4.69) is 29.0 Å². The summed E-state index contributed by atoms with van der Waals surface area (Å²) in [7, 11) is 0. The first-order valence-electron chi connectivity index (χ1n) is 8.13. The minimum Gasteiger partial charge on any atom is -0.486 e. The Bertz CT molecular complexity index is 812. The number of benzene rings is 2. The van der Waals surface area contributed by atoms with Gasteiger partial charge in [-0.15, -0.1) is 0 Å². The van der Waals surface area contributed by atoms with Gasteiger partial charge in [0.15, 0.2) is 0 Å². The summed E-state index contributed by atoms with van der Waals surface area (Å²) in [6.45, 7) is 2.73. The van der Waals surface area contributed by atoms with Crippen molar-refractivity contribution in [2.75, 3.05) is 6.61 Å². The van der Waals surface area contributed by atoms with Crippen molar-refractivity contribution in [3.8, 4) is 5.75 Å². The Balaban J connectivity index is 1.73. The molecule has 126 valence electrons. The van der Waals surface area contributed by atoms with Crippen LogP contribution in [0, 0.1) is 6.92 Å². The predicted molar refractivity (Wildman–Crippen MR) is 96.6 cm³/mol. The lowest BCUT2D eigenvalue weighted by Gasteiger charge is -2.05. The number of unbranched alkanes of at least 4 members (excludes halogenated alkanes) is 1. The highest BCUT2D eigenvalue weighted by Crippen LogP contribution is 2.22. The number of fused-ring (bicyclic) bond motifs is 1. The minimum absolute atomic E-state index is 0.246. The molecule has 1 heterocycles. The molecule has 1 aromatic heterocycles. The maximum Gasteiger partial charge on any atom is 0.146 e. The molecule has 3 aromatic rings. The first kappa shape index (κ1) is 16.8. The zero-order valence-electron chi connectivity index (χ0n) is 13.7. The van der Waals surface area contributed by atoms with Crippen molar-refractivity contribution in [1.29, 1.82) is 0 Å². The quantitative estimate of drug-likeness (QED) is 0.624. The molecule has 0 fully saturated rings. The monoisotopic (exact) mass is 344 g/mol. The molecular weight excluding hydrogens is 324 g/mol. The Hall–Kier alpha value is -2.04. The van der Waals surface area contributed by atoms with Crippen LogP contribution in [-0.4, -0.2) is 21.7 Å². The van der Waals surface area contributed by atoms with Gasteiger partial charge in [0.2, 0.25) is 0 Å². The average Bonchev–Trinajstić information content (AvgIpc) is 3.01. The van der Waals surface area contributed by atoms with Crippen LogP contribution in [-0.2, 0) is 13.0 Å². The fourth-order valence-electron chi connectivity index (χ4n) is 2.75. The Morgan fingerprint density at radius 1 is 1.12 bits per heavy atom. The molecule has 0 spiro atoms. The van der Waals surface area contributed by atoms with E-state index in [4.69, 9.17) is 21.4 Å². The van der Waals surface area contributed by atoms with Gasteiger partial charge in [0, 0.05) is 11.6 Å². The SMILES string of the molecule is Cc1c(CCCCO)ccc2[nH]c(COc3ccc(Cl)cc3)nc12. The summed E-state index contributed by atoms with van der Waals surface area (Å²) in [6.07, 6.45) is 2.78. The lowest BCUT2D eigenvalue weighted by molar-refractivity contribution is 0.284. The Morgan fingerprint density at radius 3 is 2.67 bits per heavy atom. The van der Waals surface area contributed by atoms with E-state index >= 15 is 0 Å². The van der Waals surface area contributed by atoms with E-state index in [1.54, 1.807) is 12.1 Å². The number of aromatic amines is 1. The maximum atomic E-state index is 8.92. The van der Waals surface area contributed by atoms with Gasteiger partial charge >= 0.3 is 0 Å². The standard InChI is InChI=1S/C19H21ClN2O2/c1-13-14(4-2-3-11-23)5-10-17-19(13)22-18(21-17)12-24-16-8-6-15(20)7-9-16/h5-10,23H,2-4,11-12H2,1H3,(H,21,22). The third-order valence-corrected chi connectivity index (χ3v) is 4.36. The average molecular weight is 345 g/mol. The van der Waals surface area contributed by atoms with Gasteiger partial charge in [-0.25, -0.2) is 4.98 Å². The van der Waals surface area contributed by atoms with Gasteiger partial charge in [0.1, 0.15) is 18.2 Å². The molecule has 0 saturated carbocycles. The zero-order valence-corrected chi connectivity index (χ0v) is 14.4. The van der Waals surface area contributed by atoms with Gasteiger partial charge in [0.05, 0.1) is 11.0 Å². The number of hydrogen-bond donors (Lipinski definition) is 2. The number of hydrogen-bond acceptors (Lipinski definition) is 3. The number of aliphatic hydroxyl groups is 1. The molecule has 24 heavy (non-hydrogen) atoms. The van der Waals surface area contributed by atoms with Crippen LogP contribution in [0.5, 0.6) is 5.75 Å². The normalized spacial score (nSPS) is 11.1. The summed E-state index contributed by atoms with van der Waals surface area (Å²) < 4.78 is 5.75. The van der Waals surface area contributed by atoms with Crippen LogP contribution in [0.1, 0.15) is 29.8 Å². The molecular formula is C19H21ClN2O2. The molecule has 5 heteroatoms. The molecule has 0 unspecified atom stereocenters. The van der Waals surface area contributed by atoms with Crippen molar-refractivity contribution in [3.63, 3.8) is 0 Å². The molecule has 0 amide bonds. The minimum atomic E-state index is 0.246. The molecule has 4 nitrogen and oxygen atoms in total.